The molecule has 0 atom stereocenters. The summed E-state index contributed by atoms with van der Waals surface area (Å²) < 4.78 is 5.38. The van der Waals surface area contributed by atoms with Crippen LogP contribution in [0.5, 0.6) is 0 Å². The fourth-order valence-electron chi connectivity index (χ4n) is 3.45. The molecule has 0 aliphatic carbocycles. The fraction of sp³-hybridized carbons (Fsp3) is 0.185. The predicted octanol–water partition coefficient (Wildman–Crippen LogP) is 4.68. The van der Waals surface area contributed by atoms with E-state index in [2.05, 4.69) is 20.8 Å². The molecule has 3 amide bonds. The average Bonchev–Trinajstić information content (AvgIpc) is 3.35. The van der Waals surface area contributed by atoms with Gasteiger partial charge in [-0.2, -0.15) is 4.98 Å². The van der Waals surface area contributed by atoms with Crippen molar-refractivity contribution in [2.24, 2.45) is 0 Å². The minimum absolute atomic E-state index is 0.152. The zero-order valence-corrected chi connectivity index (χ0v) is 19.7. The summed E-state index contributed by atoms with van der Waals surface area (Å²) in [6, 6.07) is 24.1. The Morgan fingerprint density at radius 3 is 2.49 bits per heavy atom. The Morgan fingerprint density at radius 1 is 0.971 bits per heavy atom. The number of nitrogens with one attached hydrogen (secondary N) is 2. The molecule has 2 N–H and O–H groups in total. The molecule has 0 bridgehead atoms. The maximum atomic E-state index is 12.5. The molecule has 0 saturated heterocycles. The molecule has 1 heterocycles. The van der Waals surface area contributed by atoms with E-state index in [-0.39, 0.29) is 11.9 Å². The SMILES string of the molecule is Cc1cccc(CNC(=O)c2ccc(-c3nc(CCN(C)C(=O)Nc4ccccc4)no3)cc2)c1. The highest BCUT2D eigenvalue weighted by Gasteiger charge is 2.13. The highest BCUT2D eigenvalue weighted by molar-refractivity contribution is 5.94. The maximum absolute atomic E-state index is 12.5. The molecule has 0 fully saturated rings. The normalized spacial score (nSPS) is 10.6. The van der Waals surface area contributed by atoms with Crippen molar-refractivity contribution in [3.05, 3.63) is 101 Å². The van der Waals surface area contributed by atoms with Crippen LogP contribution in [0.1, 0.15) is 27.3 Å². The Balaban J connectivity index is 1.28. The van der Waals surface area contributed by atoms with Gasteiger partial charge in [-0.3, -0.25) is 4.79 Å². The lowest BCUT2D eigenvalue weighted by atomic mass is 10.1. The summed E-state index contributed by atoms with van der Waals surface area (Å²) in [5.74, 6) is 0.712. The van der Waals surface area contributed by atoms with Crippen LogP contribution in [0.3, 0.4) is 0 Å². The molecule has 0 saturated carbocycles. The minimum Gasteiger partial charge on any atom is -0.348 e. The third-order valence-electron chi connectivity index (χ3n) is 5.44. The van der Waals surface area contributed by atoms with Gasteiger partial charge in [-0.1, -0.05) is 53.2 Å². The number of carbonyl (C=O) groups excluding carboxylic acids is 2. The maximum Gasteiger partial charge on any atom is 0.321 e. The second-order valence-corrected chi connectivity index (χ2v) is 8.23. The number of likely N-dealkylation sites (N-methyl/N-ethyl adjacent to an activating group) is 1. The highest BCUT2D eigenvalue weighted by atomic mass is 16.5. The van der Waals surface area contributed by atoms with Crippen molar-refractivity contribution in [1.82, 2.24) is 20.4 Å². The summed E-state index contributed by atoms with van der Waals surface area (Å²) >= 11 is 0. The zero-order valence-electron chi connectivity index (χ0n) is 19.7. The number of amides is 3. The molecule has 0 aliphatic heterocycles. The van der Waals surface area contributed by atoms with Crippen LogP contribution < -0.4 is 10.6 Å². The quantitative estimate of drug-likeness (QED) is 0.390. The second kappa shape index (κ2) is 11.1. The lowest BCUT2D eigenvalue weighted by Gasteiger charge is -2.16. The Kier molecular flexibility index (Phi) is 7.52. The molecular weight excluding hydrogens is 442 g/mol. The largest absolute Gasteiger partial charge is 0.348 e. The van der Waals surface area contributed by atoms with E-state index < -0.39 is 0 Å². The number of aryl methyl sites for hydroxylation is 1. The monoisotopic (exact) mass is 469 g/mol. The summed E-state index contributed by atoms with van der Waals surface area (Å²) in [6.07, 6.45) is 0.446. The highest BCUT2D eigenvalue weighted by Crippen LogP contribution is 2.18. The van der Waals surface area contributed by atoms with Crippen LogP contribution in [0, 0.1) is 6.92 Å². The van der Waals surface area contributed by atoms with Gasteiger partial charge in [-0.15, -0.1) is 0 Å². The van der Waals surface area contributed by atoms with E-state index in [1.807, 2.05) is 61.5 Å². The number of hydrogen-bond acceptors (Lipinski definition) is 5. The summed E-state index contributed by atoms with van der Waals surface area (Å²) in [5, 5.41) is 9.78. The molecule has 3 aromatic carbocycles. The topological polar surface area (TPSA) is 100 Å². The van der Waals surface area contributed by atoms with Crippen molar-refractivity contribution in [2.75, 3.05) is 18.9 Å². The van der Waals surface area contributed by atoms with Crippen LogP contribution >= 0.6 is 0 Å². The molecule has 4 rings (SSSR count). The van der Waals surface area contributed by atoms with Gasteiger partial charge in [0.25, 0.3) is 11.8 Å². The number of aromatic nitrogens is 2. The van der Waals surface area contributed by atoms with Crippen LogP contribution in [-0.2, 0) is 13.0 Å². The second-order valence-electron chi connectivity index (χ2n) is 8.23. The van der Waals surface area contributed by atoms with Gasteiger partial charge in [0, 0.05) is 43.4 Å². The van der Waals surface area contributed by atoms with E-state index in [1.165, 1.54) is 0 Å². The molecule has 8 heteroatoms. The van der Waals surface area contributed by atoms with E-state index >= 15 is 0 Å². The number of para-hydroxylation sites is 1. The van der Waals surface area contributed by atoms with E-state index in [0.717, 1.165) is 16.8 Å². The van der Waals surface area contributed by atoms with Crippen LogP contribution in [0.4, 0.5) is 10.5 Å². The van der Waals surface area contributed by atoms with E-state index in [0.29, 0.717) is 42.4 Å². The van der Waals surface area contributed by atoms with E-state index in [4.69, 9.17) is 4.52 Å². The van der Waals surface area contributed by atoms with Gasteiger partial charge in [-0.25, -0.2) is 4.79 Å². The standard InChI is InChI=1S/C27H27N5O3/c1-19-7-6-8-20(17-19)18-28-25(33)21-11-13-22(14-12-21)26-30-24(31-35-26)15-16-32(2)27(34)29-23-9-4-3-5-10-23/h3-14,17H,15-16,18H2,1-2H3,(H,28,33)(H,29,34). The zero-order chi connectivity index (χ0) is 24.6. The Labute approximate surface area is 204 Å². The Hall–Kier alpha value is -4.46. The summed E-state index contributed by atoms with van der Waals surface area (Å²) in [4.78, 5) is 30.8. The number of anilines is 1. The Bertz CT molecular complexity index is 1290. The lowest BCUT2D eigenvalue weighted by molar-refractivity contribution is 0.0951. The summed E-state index contributed by atoms with van der Waals surface area (Å²) in [7, 11) is 1.71. The first-order valence-electron chi connectivity index (χ1n) is 11.3. The molecule has 8 nitrogen and oxygen atoms in total. The average molecular weight is 470 g/mol. The number of nitrogens with zero attached hydrogens (tertiary/aromatic N) is 3. The molecule has 1 aromatic heterocycles. The van der Waals surface area contributed by atoms with Gasteiger partial charge in [-0.05, 0) is 48.9 Å². The van der Waals surface area contributed by atoms with Gasteiger partial charge >= 0.3 is 6.03 Å². The molecule has 0 radical (unpaired) electrons. The molecule has 0 spiro atoms. The van der Waals surface area contributed by atoms with E-state index in [1.54, 1.807) is 36.2 Å². The smallest absolute Gasteiger partial charge is 0.321 e. The van der Waals surface area contributed by atoms with Crippen molar-refractivity contribution < 1.29 is 14.1 Å². The van der Waals surface area contributed by atoms with Gasteiger partial charge in [0.15, 0.2) is 5.82 Å². The number of benzene rings is 3. The summed E-state index contributed by atoms with van der Waals surface area (Å²) in [6.45, 7) is 2.92. The molecular formula is C27H27N5O3. The first kappa shape index (κ1) is 23.7. The third kappa shape index (κ3) is 6.54. The van der Waals surface area contributed by atoms with Crippen molar-refractivity contribution in [3.63, 3.8) is 0 Å². The first-order valence-corrected chi connectivity index (χ1v) is 11.3. The number of carbonyl (C=O) groups is 2. The van der Waals surface area contributed by atoms with Gasteiger partial charge in [0.1, 0.15) is 0 Å². The van der Waals surface area contributed by atoms with Gasteiger partial charge in [0.2, 0.25) is 0 Å². The minimum atomic E-state index is -0.212. The van der Waals surface area contributed by atoms with E-state index in [9.17, 15) is 9.59 Å². The van der Waals surface area contributed by atoms with Crippen molar-refractivity contribution in [3.8, 4) is 11.5 Å². The fourth-order valence-corrected chi connectivity index (χ4v) is 3.45. The predicted molar refractivity (Wildman–Crippen MR) is 134 cm³/mol. The van der Waals surface area contributed by atoms with Crippen LogP contribution in [0.25, 0.3) is 11.5 Å². The molecule has 178 valence electrons. The van der Waals surface area contributed by atoms with Crippen LogP contribution in [-0.4, -0.2) is 40.6 Å². The van der Waals surface area contributed by atoms with Gasteiger partial charge < -0.3 is 20.1 Å². The van der Waals surface area contributed by atoms with Crippen molar-refractivity contribution in [2.45, 2.75) is 19.9 Å². The van der Waals surface area contributed by atoms with Crippen molar-refractivity contribution in [1.29, 1.82) is 0 Å². The van der Waals surface area contributed by atoms with Gasteiger partial charge in [0.05, 0.1) is 0 Å². The van der Waals surface area contributed by atoms with Crippen molar-refractivity contribution >= 4 is 17.6 Å². The lowest BCUT2D eigenvalue weighted by Crippen LogP contribution is -2.33. The number of urea groups is 1. The van der Waals surface area contributed by atoms with Crippen LogP contribution in [0.2, 0.25) is 0 Å². The third-order valence-corrected chi connectivity index (χ3v) is 5.44. The molecule has 0 unspecified atom stereocenters. The number of hydrogen-bond donors (Lipinski definition) is 2. The molecule has 0 aliphatic rings. The first-order chi connectivity index (χ1) is 17.0. The molecule has 35 heavy (non-hydrogen) atoms. The number of rotatable bonds is 8. The molecule has 4 aromatic rings. The summed E-state index contributed by atoms with van der Waals surface area (Å²) in [5.41, 5.74) is 4.21. The Morgan fingerprint density at radius 2 is 1.74 bits per heavy atom. The van der Waals surface area contributed by atoms with Crippen LogP contribution in [0.15, 0.2) is 83.4 Å².